The van der Waals surface area contributed by atoms with Gasteiger partial charge in [0.05, 0.1) is 5.69 Å². The minimum atomic E-state index is 0.739. The summed E-state index contributed by atoms with van der Waals surface area (Å²) in [6.45, 7) is 2.67. The highest BCUT2D eigenvalue weighted by molar-refractivity contribution is 5.03. The first-order valence-electron chi connectivity index (χ1n) is 5.74. The number of nitrogens with zero attached hydrogens (tertiary/aromatic N) is 2. The predicted octanol–water partition coefficient (Wildman–Crippen LogP) is 1.39. The highest BCUT2D eigenvalue weighted by Gasteiger charge is 2.24. The van der Waals surface area contributed by atoms with Crippen LogP contribution in [-0.2, 0) is 6.54 Å². The molecule has 15 heavy (non-hydrogen) atoms. The molecular formula is C12H19N3. The Morgan fingerprint density at radius 2 is 2.27 bits per heavy atom. The summed E-state index contributed by atoms with van der Waals surface area (Å²) in [6, 6.07) is 6.84. The molecule has 3 nitrogen and oxygen atoms in total. The first-order valence-corrected chi connectivity index (χ1v) is 5.74. The fraction of sp³-hybridized carbons (Fsp3) is 0.583. The molecule has 0 aromatic carbocycles. The molecule has 1 aliphatic carbocycles. The van der Waals surface area contributed by atoms with Crippen LogP contribution in [-0.4, -0.2) is 29.0 Å². The largest absolute Gasteiger partial charge is 0.329 e. The number of rotatable bonds is 5. The second kappa shape index (κ2) is 5.24. The van der Waals surface area contributed by atoms with Crippen molar-refractivity contribution in [1.29, 1.82) is 0 Å². The Kier molecular flexibility index (Phi) is 3.69. The fourth-order valence-electron chi connectivity index (χ4n) is 2.01. The van der Waals surface area contributed by atoms with Crippen LogP contribution >= 0.6 is 0 Å². The van der Waals surface area contributed by atoms with E-state index in [2.05, 4.69) is 16.0 Å². The van der Waals surface area contributed by atoms with E-state index in [1.807, 2.05) is 18.3 Å². The summed E-state index contributed by atoms with van der Waals surface area (Å²) in [4.78, 5) is 6.82. The van der Waals surface area contributed by atoms with Crippen molar-refractivity contribution >= 4 is 0 Å². The van der Waals surface area contributed by atoms with Crippen molar-refractivity contribution in [3.8, 4) is 0 Å². The van der Waals surface area contributed by atoms with Gasteiger partial charge in [-0.15, -0.1) is 0 Å². The molecule has 3 heteroatoms. The van der Waals surface area contributed by atoms with Crippen molar-refractivity contribution in [2.75, 3.05) is 13.1 Å². The first-order chi connectivity index (χ1) is 7.40. The lowest BCUT2D eigenvalue weighted by atomic mass is 9.91. The molecule has 0 spiro atoms. The van der Waals surface area contributed by atoms with Crippen molar-refractivity contribution in [1.82, 2.24) is 9.88 Å². The molecule has 1 aromatic rings. The monoisotopic (exact) mass is 205 g/mol. The maximum Gasteiger partial charge on any atom is 0.0544 e. The molecule has 2 rings (SSSR count). The van der Waals surface area contributed by atoms with Crippen LogP contribution in [0.1, 0.15) is 25.0 Å². The van der Waals surface area contributed by atoms with Gasteiger partial charge in [-0.25, -0.2) is 0 Å². The van der Waals surface area contributed by atoms with Crippen molar-refractivity contribution in [3.05, 3.63) is 30.1 Å². The van der Waals surface area contributed by atoms with E-state index in [0.29, 0.717) is 0 Å². The third-order valence-corrected chi connectivity index (χ3v) is 3.10. The second-order valence-electron chi connectivity index (χ2n) is 4.16. The van der Waals surface area contributed by atoms with Gasteiger partial charge in [0.25, 0.3) is 0 Å². The van der Waals surface area contributed by atoms with Gasteiger partial charge < -0.3 is 5.73 Å². The molecule has 1 saturated carbocycles. The van der Waals surface area contributed by atoms with Gasteiger partial charge >= 0.3 is 0 Å². The zero-order chi connectivity index (χ0) is 10.5. The molecule has 0 radical (unpaired) electrons. The summed E-state index contributed by atoms with van der Waals surface area (Å²) in [6.07, 6.45) is 5.88. The quantitative estimate of drug-likeness (QED) is 0.790. The number of nitrogens with two attached hydrogens (primary N) is 1. The number of hydrogen-bond donors (Lipinski definition) is 1. The summed E-state index contributed by atoms with van der Waals surface area (Å²) < 4.78 is 0. The van der Waals surface area contributed by atoms with E-state index in [4.69, 9.17) is 5.73 Å². The lowest BCUT2D eigenvalue weighted by molar-refractivity contribution is 0.122. The molecule has 0 amide bonds. The van der Waals surface area contributed by atoms with Crippen molar-refractivity contribution in [3.63, 3.8) is 0 Å². The Labute approximate surface area is 91.3 Å². The van der Waals surface area contributed by atoms with Crippen molar-refractivity contribution in [2.24, 2.45) is 5.73 Å². The molecule has 0 bridgehead atoms. The van der Waals surface area contributed by atoms with Gasteiger partial charge in [0, 0.05) is 31.9 Å². The normalized spacial score (nSPS) is 16.7. The van der Waals surface area contributed by atoms with Gasteiger partial charge in [-0.3, -0.25) is 9.88 Å². The molecule has 82 valence electrons. The number of pyridine rings is 1. The first kappa shape index (κ1) is 10.6. The Morgan fingerprint density at radius 3 is 2.80 bits per heavy atom. The summed E-state index contributed by atoms with van der Waals surface area (Å²) in [5.41, 5.74) is 6.79. The lowest BCUT2D eigenvalue weighted by Crippen LogP contribution is -2.42. The molecule has 0 saturated heterocycles. The molecular weight excluding hydrogens is 186 g/mol. The van der Waals surface area contributed by atoms with E-state index in [0.717, 1.165) is 31.4 Å². The van der Waals surface area contributed by atoms with E-state index < -0.39 is 0 Å². The van der Waals surface area contributed by atoms with Gasteiger partial charge in [0.2, 0.25) is 0 Å². The Morgan fingerprint density at radius 1 is 1.40 bits per heavy atom. The third kappa shape index (κ3) is 2.76. The molecule has 1 aromatic heterocycles. The van der Waals surface area contributed by atoms with Crippen LogP contribution < -0.4 is 5.73 Å². The van der Waals surface area contributed by atoms with E-state index >= 15 is 0 Å². The van der Waals surface area contributed by atoms with Crippen LogP contribution in [0.15, 0.2) is 24.4 Å². The van der Waals surface area contributed by atoms with E-state index in [1.54, 1.807) is 0 Å². The van der Waals surface area contributed by atoms with E-state index in [9.17, 15) is 0 Å². The zero-order valence-electron chi connectivity index (χ0n) is 9.10. The number of hydrogen-bond acceptors (Lipinski definition) is 3. The van der Waals surface area contributed by atoms with Gasteiger partial charge in [-0.2, -0.15) is 0 Å². The van der Waals surface area contributed by atoms with Gasteiger partial charge in [-0.1, -0.05) is 12.5 Å². The predicted molar refractivity (Wildman–Crippen MR) is 61.3 cm³/mol. The average molecular weight is 205 g/mol. The minimum absolute atomic E-state index is 0.739. The summed E-state index contributed by atoms with van der Waals surface area (Å²) >= 11 is 0. The number of aromatic nitrogens is 1. The summed E-state index contributed by atoms with van der Waals surface area (Å²) in [5.74, 6) is 0. The molecule has 0 atom stereocenters. The van der Waals surface area contributed by atoms with Crippen LogP contribution in [0.2, 0.25) is 0 Å². The Balaban J connectivity index is 1.93. The van der Waals surface area contributed by atoms with Gasteiger partial charge in [0.1, 0.15) is 0 Å². The second-order valence-corrected chi connectivity index (χ2v) is 4.16. The smallest absolute Gasteiger partial charge is 0.0544 e. The van der Waals surface area contributed by atoms with Crippen molar-refractivity contribution in [2.45, 2.75) is 31.8 Å². The van der Waals surface area contributed by atoms with Gasteiger partial charge in [-0.05, 0) is 25.0 Å². The molecule has 1 aliphatic rings. The highest BCUT2D eigenvalue weighted by atomic mass is 15.2. The van der Waals surface area contributed by atoms with Crippen molar-refractivity contribution < 1.29 is 0 Å². The van der Waals surface area contributed by atoms with Gasteiger partial charge in [0.15, 0.2) is 0 Å². The Hall–Kier alpha value is -0.930. The maximum absolute atomic E-state index is 5.64. The maximum atomic E-state index is 5.64. The van der Waals surface area contributed by atoms with Crippen LogP contribution in [0.3, 0.4) is 0 Å². The van der Waals surface area contributed by atoms with E-state index in [1.165, 1.54) is 19.3 Å². The summed E-state index contributed by atoms with van der Waals surface area (Å²) in [5, 5.41) is 0. The molecule has 1 heterocycles. The topological polar surface area (TPSA) is 42.1 Å². The van der Waals surface area contributed by atoms with E-state index in [-0.39, 0.29) is 0 Å². The van der Waals surface area contributed by atoms with Crippen LogP contribution in [0.4, 0.5) is 0 Å². The molecule has 1 fully saturated rings. The van der Waals surface area contributed by atoms with Crippen LogP contribution in [0.25, 0.3) is 0 Å². The zero-order valence-corrected chi connectivity index (χ0v) is 9.10. The SMILES string of the molecule is NCCN(Cc1ccccn1)C1CCC1. The molecule has 0 unspecified atom stereocenters. The fourth-order valence-corrected chi connectivity index (χ4v) is 2.01. The Bertz CT molecular complexity index is 282. The summed E-state index contributed by atoms with van der Waals surface area (Å²) in [7, 11) is 0. The molecule has 2 N–H and O–H groups in total. The minimum Gasteiger partial charge on any atom is -0.329 e. The van der Waals surface area contributed by atoms with Crippen LogP contribution in [0, 0.1) is 0 Å². The average Bonchev–Trinajstić information content (AvgIpc) is 2.17. The highest BCUT2D eigenvalue weighted by Crippen LogP contribution is 2.25. The molecule has 0 aliphatic heterocycles. The third-order valence-electron chi connectivity index (χ3n) is 3.10. The van der Waals surface area contributed by atoms with Crippen LogP contribution in [0.5, 0.6) is 0 Å². The standard InChI is InChI=1S/C12H19N3/c13-7-9-15(12-5-3-6-12)10-11-4-1-2-8-14-11/h1-2,4,8,12H,3,5-7,9-10,13H2. The lowest BCUT2D eigenvalue weighted by Gasteiger charge is -2.37.